The minimum Gasteiger partial charge on any atom is -0.456 e. The zero-order valence-electron chi connectivity index (χ0n) is 29.8. The largest absolute Gasteiger partial charge is 0.456 e. The zero-order chi connectivity index (χ0) is 36.3. The van der Waals surface area contributed by atoms with E-state index in [1.165, 1.54) is 27.3 Å². The Morgan fingerprint density at radius 3 is 1.51 bits per heavy atom. The Bertz CT molecular complexity index is 3180. The second-order valence-electron chi connectivity index (χ2n) is 14.0. The lowest BCUT2D eigenvalue weighted by molar-refractivity contribution is 0.636. The second-order valence-corrected chi connectivity index (χ2v) is 14.0. The highest BCUT2D eigenvalue weighted by Gasteiger charge is 2.24. The summed E-state index contributed by atoms with van der Waals surface area (Å²) in [5.41, 5.74) is 11.4. The van der Waals surface area contributed by atoms with E-state index in [-0.39, 0.29) is 0 Å². The summed E-state index contributed by atoms with van der Waals surface area (Å²) in [5.74, 6) is 0.868. The number of fused-ring (bicyclic) bond motifs is 9. The van der Waals surface area contributed by atoms with Gasteiger partial charge in [-0.2, -0.15) is 0 Å². The topological polar surface area (TPSA) is 29.5 Å². The molecule has 11 rings (SSSR count). The summed E-state index contributed by atoms with van der Waals surface area (Å²) in [6, 6.07) is 70.7. The second kappa shape index (κ2) is 12.6. The lowest BCUT2D eigenvalue weighted by Crippen LogP contribution is -2.10. The molecule has 3 nitrogen and oxygen atoms in total. The van der Waals surface area contributed by atoms with Crippen LogP contribution in [0, 0.1) is 0 Å². The van der Waals surface area contributed by atoms with Crippen molar-refractivity contribution in [3.05, 3.63) is 200 Å². The van der Waals surface area contributed by atoms with E-state index in [1.807, 2.05) is 12.1 Å². The maximum absolute atomic E-state index is 6.98. The molecule has 0 fully saturated rings. The van der Waals surface area contributed by atoms with Crippen molar-refractivity contribution in [2.24, 2.45) is 0 Å². The van der Waals surface area contributed by atoms with Crippen LogP contribution in [-0.4, -0.2) is 0 Å². The van der Waals surface area contributed by atoms with E-state index >= 15 is 0 Å². The summed E-state index contributed by atoms with van der Waals surface area (Å²) in [7, 11) is 0. The van der Waals surface area contributed by atoms with Crippen LogP contribution in [0.3, 0.4) is 0 Å². The molecule has 0 unspecified atom stereocenters. The van der Waals surface area contributed by atoms with Crippen LogP contribution in [-0.2, 0) is 0 Å². The summed E-state index contributed by atoms with van der Waals surface area (Å²) in [6.45, 7) is 0. The molecule has 0 saturated carbocycles. The summed E-state index contributed by atoms with van der Waals surface area (Å²) >= 11 is 0. The van der Waals surface area contributed by atoms with Gasteiger partial charge in [0.15, 0.2) is 0 Å². The van der Waals surface area contributed by atoms with Crippen LogP contribution in [0.25, 0.3) is 88.0 Å². The van der Waals surface area contributed by atoms with E-state index in [0.717, 1.165) is 77.8 Å². The van der Waals surface area contributed by atoms with Crippen molar-refractivity contribution in [3.8, 4) is 33.6 Å². The molecule has 0 aliphatic carbocycles. The normalized spacial score (nSPS) is 11.6. The average Bonchev–Trinajstić information content (AvgIpc) is 3.86. The average molecular weight is 704 g/mol. The predicted molar refractivity (Wildman–Crippen MR) is 229 cm³/mol. The van der Waals surface area contributed by atoms with Crippen LogP contribution >= 0.6 is 0 Å². The third-order valence-electron chi connectivity index (χ3n) is 10.9. The monoisotopic (exact) mass is 703 g/mol. The van der Waals surface area contributed by atoms with Crippen molar-refractivity contribution in [1.29, 1.82) is 0 Å². The smallest absolute Gasteiger partial charge is 0.143 e. The fraction of sp³-hybridized carbons (Fsp3) is 0. The Labute approximate surface area is 317 Å². The molecule has 0 saturated heterocycles. The lowest BCUT2D eigenvalue weighted by atomic mass is 9.92. The van der Waals surface area contributed by atoms with Gasteiger partial charge >= 0.3 is 0 Å². The molecule has 55 heavy (non-hydrogen) atoms. The fourth-order valence-corrected chi connectivity index (χ4v) is 8.38. The molecule has 0 spiro atoms. The van der Waals surface area contributed by atoms with Gasteiger partial charge in [0.25, 0.3) is 0 Å². The Kier molecular flexibility index (Phi) is 7.17. The van der Waals surface area contributed by atoms with Gasteiger partial charge in [-0.3, -0.25) is 0 Å². The van der Waals surface area contributed by atoms with Crippen molar-refractivity contribution < 1.29 is 8.83 Å². The summed E-state index contributed by atoms with van der Waals surface area (Å²) < 4.78 is 13.4. The number of anilines is 3. The van der Waals surface area contributed by atoms with Crippen molar-refractivity contribution in [2.75, 3.05) is 4.90 Å². The number of hydrogen-bond donors (Lipinski definition) is 0. The maximum atomic E-state index is 6.98. The number of furan rings is 2. The molecule has 11 aromatic rings. The standard InChI is InChI=1S/C52H33NO2/c1-3-14-34(15-4-1)35-26-30-38(31-27-35)53(45-23-13-25-47-49(45)44-22-11-12-24-46(44)54-47)39-32-28-36(29-33-39)48-50-42-20-9-7-18-40(42)41-19-8-10-21-43(41)52(50)55-51(48)37-16-5-2-6-17-37/h1-33H. The Morgan fingerprint density at radius 2 is 0.818 bits per heavy atom. The fourth-order valence-electron chi connectivity index (χ4n) is 8.38. The van der Waals surface area contributed by atoms with Gasteiger partial charge in [0.1, 0.15) is 22.5 Å². The van der Waals surface area contributed by atoms with E-state index in [2.05, 4.69) is 193 Å². The van der Waals surface area contributed by atoms with Gasteiger partial charge in [0.05, 0.1) is 11.1 Å². The molecule has 0 aliphatic rings. The first-order chi connectivity index (χ1) is 27.3. The molecule has 9 aromatic carbocycles. The highest BCUT2D eigenvalue weighted by atomic mass is 16.3. The van der Waals surface area contributed by atoms with E-state index in [4.69, 9.17) is 8.83 Å². The van der Waals surface area contributed by atoms with E-state index < -0.39 is 0 Å². The molecule has 0 radical (unpaired) electrons. The molecular weight excluding hydrogens is 671 g/mol. The first-order valence-corrected chi connectivity index (χ1v) is 18.7. The van der Waals surface area contributed by atoms with Crippen molar-refractivity contribution >= 4 is 71.5 Å². The third-order valence-corrected chi connectivity index (χ3v) is 10.9. The third kappa shape index (κ3) is 5.05. The number of hydrogen-bond acceptors (Lipinski definition) is 3. The van der Waals surface area contributed by atoms with Gasteiger partial charge in [-0.25, -0.2) is 0 Å². The molecule has 0 N–H and O–H groups in total. The van der Waals surface area contributed by atoms with Crippen LogP contribution in [0.1, 0.15) is 0 Å². The van der Waals surface area contributed by atoms with Gasteiger partial charge in [0.2, 0.25) is 0 Å². The number of para-hydroxylation sites is 1. The van der Waals surface area contributed by atoms with Crippen molar-refractivity contribution in [1.82, 2.24) is 0 Å². The summed E-state index contributed by atoms with van der Waals surface area (Å²) in [5, 5.41) is 8.00. The summed E-state index contributed by atoms with van der Waals surface area (Å²) in [4.78, 5) is 2.34. The number of nitrogens with zero attached hydrogens (tertiary/aromatic N) is 1. The molecule has 2 heterocycles. The van der Waals surface area contributed by atoms with Gasteiger partial charge in [-0.15, -0.1) is 0 Å². The van der Waals surface area contributed by atoms with Crippen LogP contribution in [0.15, 0.2) is 209 Å². The quantitative estimate of drug-likeness (QED) is 0.162. The van der Waals surface area contributed by atoms with Gasteiger partial charge in [0, 0.05) is 38.7 Å². The van der Waals surface area contributed by atoms with Crippen molar-refractivity contribution in [2.45, 2.75) is 0 Å². The number of benzene rings is 9. The van der Waals surface area contributed by atoms with Crippen LogP contribution in [0.5, 0.6) is 0 Å². The minimum absolute atomic E-state index is 0.859. The molecule has 258 valence electrons. The molecule has 0 amide bonds. The van der Waals surface area contributed by atoms with Crippen LogP contribution in [0.4, 0.5) is 17.1 Å². The highest BCUT2D eigenvalue weighted by molar-refractivity contribution is 6.28. The number of rotatable bonds is 6. The first-order valence-electron chi connectivity index (χ1n) is 18.7. The summed E-state index contributed by atoms with van der Waals surface area (Å²) in [6.07, 6.45) is 0. The Hall–Kier alpha value is -7.36. The van der Waals surface area contributed by atoms with E-state index in [9.17, 15) is 0 Å². The molecule has 0 atom stereocenters. The van der Waals surface area contributed by atoms with Gasteiger partial charge < -0.3 is 13.7 Å². The van der Waals surface area contributed by atoms with Crippen molar-refractivity contribution in [3.63, 3.8) is 0 Å². The van der Waals surface area contributed by atoms with Crippen LogP contribution < -0.4 is 4.90 Å². The maximum Gasteiger partial charge on any atom is 0.143 e. The van der Waals surface area contributed by atoms with E-state index in [1.54, 1.807) is 0 Å². The predicted octanol–water partition coefficient (Wildman–Crippen LogP) is 15.1. The Morgan fingerprint density at radius 1 is 0.309 bits per heavy atom. The first kappa shape index (κ1) is 31.2. The minimum atomic E-state index is 0.859. The lowest BCUT2D eigenvalue weighted by Gasteiger charge is -2.26. The molecule has 0 bridgehead atoms. The molecule has 2 aromatic heterocycles. The van der Waals surface area contributed by atoms with Gasteiger partial charge in [-0.05, 0) is 75.3 Å². The van der Waals surface area contributed by atoms with E-state index in [0.29, 0.717) is 0 Å². The molecular formula is C52H33NO2. The molecule has 3 heteroatoms. The SMILES string of the molecule is c1ccc(-c2ccc(N(c3ccc(-c4c(-c5ccccc5)oc5c6ccccc6c6ccccc6c45)cc3)c3cccc4oc5ccccc5c34)cc2)cc1. The van der Waals surface area contributed by atoms with Gasteiger partial charge in [-0.1, -0.05) is 158 Å². The van der Waals surface area contributed by atoms with Crippen LogP contribution in [0.2, 0.25) is 0 Å². The Balaban J connectivity index is 1.13. The zero-order valence-corrected chi connectivity index (χ0v) is 29.8. The highest BCUT2D eigenvalue weighted by Crippen LogP contribution is 2.48. The molecule has 0 aliphatic heterocycles.